The topological polar surface area (TPSA) is 43.8 Å². The minimum atomic E-state index is -0.269. The zero-order valence-corrected chi connectivity index (χ0v) is 12.9. The molecule has 2 aromatic carbocycles. The van der Waals surface area contributed by atoms with Gasteiger partial charge in [0.05, 0.1) is 11.4 Å². The van der Waals surface area contributed by atoms with Crippen molar-refractivity contribution >= 4 is 21.7 Å². The molecule has 0 unspecified atom stereocenters. The molecule has 1 aromatic heterocycles. The fourth-order valence-corrected chi connectivity index (χ4v) is 2.63. The van der Waals surface area contributed by atoms with Gasteiger partial charge in [0.1, 0.15) is 11.6 Å². The number of nitrogens with two attached hydrogens (primary N) is 1. The van der Waals surface area contributed by atoms with Gasteiger partial charge in [0.2, 0.25) is 0 Å². The zero-order chi connectivity index (χ0) is 15.0. The quantitative estimate of drug-likeness (QED) is 0.751. The Bertz CT molecular complexity index is 811. The van der Waals surface area contributed by atoms with Crippen molar-refractivity contribution in [2.75, 3.05) is 5.73 Å². The van der Waals surface area contributed by atoms with E-state index >= 15 is 0 Å². The van der Waals surface area contributed by atoms with Gasteiger partial charge in [-0.3, -0.25) is 0 Å². The summed E-state index contributed by atoms with van der Waals surface area (Å²) in [5, 5.41) is 4.53. The number of aryl methyl sites for hydroxylation is 1. The molecule has 0 fully saturated rings. The van der Waals surface area contributed by atoms with Crippen molar-refractivity contribution in [2.24, 2.45) is 0 Å². The van der Waals surface area contributed by atoms with E-state index in [1.807, 2.05) is 37.3 Å². The number of benzene rings is 2. The Labute approximate surface area is 130 Å². The van der Waals surface area contributed by atoms with Crippen molar-refractivity contribution in [3.8, 4) is 16.9 Å². The van der Waals surface area contributed by atoms with Crippen LogP contribution in [0.15, 0.2) is 53.0 Å². The summed E-state index contributed by atoms with van der Waals surface area (Å²) < 4.78 is 15.8. The van der Waals surface area contributed by atoms with Gasteiger partial charge in [-0.15, -0.1) is 0 Å². The Morgan fingerprint density at radius 2 is 1.95 bits per heavy atom. The first-order chi connectivity index (χ1) is 10.0. The second kappa shape index (κ2) is 5.33. The van der Waals surface area contributed by atoms with Crippen LogP contribution in [-0.2, 0) is 0 Å². The number of anilines is 1. The van der Waals surface area contributed by atoms with Gasteiger partial charge in [-0.25, -0.2) is 9.07 Å². The molecule has 0 bridgehead atoms. The number of hydrogen-bond donors (Lipinski definition) is 1. The van der Waals surface area contributed by atoms with E-state index in [2.05, 4.69) is 21.0 Å². The van der Waals surface area contributed by atoms with Gasteiger partial charge in [0.25, 0.3) is 0 Å². The summed E-state index contributed by atoms with van der Waals surface area (Å²) in [6.07, 6.45) is 0. The third-order valence-corrected chi connectivity index (χ3v) is 3.74. The molecule has 3 aromatic rings. The first-order valence-electron chi connectivity index (χ1n) is 6.42. The van der Waals surface area contributed by atoms with Crippen LogP contribution in [0, 0.1) is 12.7 Å². The molecule has 0 aliphatic rings. The number of nitrogens with zero attached hydrogens (tertiary/aromatic N) is 2. The average Bonchev–Trinajstić information content (AvgIpc) is 2.81. The molecular weight excluding hydrogens is 333 g/mol. The molecule has 5 heteroatoms. The minimum Gasteiger partial charge on any atom is -0.384 e. The molecule has 21 heavy (non-hydrogen) atoms. The Morgan fingerprint density at radius 3 is 2.67 bits per heavy atom. The van der Waals surface area contributed by atoms with Gasteiger partial charge in [-0.05, 0) is 42.8 Å². The number of nitrogen functional groups attached to an aromatic ring is 1. The minimum absolute atomic E-state index is 0.269. The Hall–Kier alpha value is -2.14. The van der Waals surface area contributed by atoms with Gasteiger partial charge < -0.3 is 5.73 Å². The van der Waals surface area contributed by atoms with E-state index in [-0.39, 0.29) is 5.82 Å². The third kappa shape index (κ3) is 2.69. The van der Waals surface area contributed by atoms with Gasteiger partial charge in [0.15, 0.2) is 0 Å². The van der Waals surface area contributed by atoms with Crippen molar-refractivity contribution in [2.45, 2.75) is 6.92 Å². The number of halogens is 2. The highest BCUT2D eigenvalue weighted by Gasteiger charge is 2.11. The smallest absolute Gasteiger partial charge is 0.127 e. The second-order valence-corrected chi connectivity index (χ2v) is 5.72. The first-order valence-corrected chi connectivity index (χ1v) is 7.22. The molecule has 0 aliphatic carbocycles. The summed E-state index contributed by atoms with van der Waals surface area (Å²) in [6.45, 7) is 1.83. The molecule has 3 nitrogen and oxygen atoms in total. The van der Waals surface area contributed by atoms with E-state index in [1.54, 1.807) is 10.7 Å². The number of hydrogen-bond acceptors (Lipinski definition) is 2. The van der Waals surface area contributed by atoms with E-state index < -0.39 is 0 Å². The van der Waals surface area contributed by atoms with E-state index in [9.17, 15) is 4.39 Å². The van der Waals surface area contributed by atoms with Crippen molar-refractivity contribution in [3.05, 3.63) is 64.4 Å². The van der Waals surface area contributed by atoms with E-state index in [0.29, 0.717) is 5.82 Å². The van der Waals surface area contributed by atoms with E-state index in [1.165, 1.54) is 12.1 Å². The van der Waals surface area contributed by atoms with Crippen LogP contribution in [0.3, 0.4) is 0 Å². The lowest BCUT2D eigenvalue weighted by Gasteiger charge is -2.07. The van der Waals surface area contributed by atoms with Crippen molar-refractivity contribution < 1.29 is 4.39 Å². The van der Waals surface area contributed by atoms with Crippen molar-refractivity contribution in [1.82, 2.24) is 9.78 Å². The summed E-state index contributed by atoms with van der Waals surface area (Å²) >= 11 is 3.44. The molecule has 0 spiro atoms. The van der Waals surface area contributed by atoms with Gasteiger partial charge in [-0.1, -0.05) is 28.1 Å². The van der Waals surface area contributed by atoms with Crippen molar-refractivity contribution in [3.63, 3.8) is 0 Å². The molecule has 2 N–H and O–H groups in total. The van der Waals surface area contributed by atoms with Crippen LogP contribution in [0.2, 0.25) is 0 Å². The summed E-state index contributed by atoms with van der Waals surface area (Å²) in [6, 6.07) is 14.2. The fourth-order valence-electron chi connectivity index (χ4n) is 2.23. The van der Waals surface area contributed by atoms with Crippen LogP contribution in [0.4, 0.5) is 10.2 Å². The molecule has 0 saturated heterocycles. The number of rotatable bonds is 2. The maximum absolute atomic E-state index is 13.2. The lowest BCUT2D eigenvalue weighted by molar-refractivity contribution is 0.625. The largest absolute Gasteiger partial charge is 0.384 e. The fraction of sp³-hybridized carbons (Fsp3) is 0.0625. The summed E-state index contributed by atoms with van der Waals surface area (Å²) in [7, 11) is 0. The molecule has 0 radical (unpaired) electrons. The highest BCUT2D eigenvalue weighted by Crippen LogP contribution is 2.26. The average molecular weight is 346 g/mol. The normalized spacial score (nSPS) is 10.8. The Kier molecular flexibility index (Phi) is 3.51. The molecule has 3 rings (SSSR count). The van der Waals surface area contributed by atoms with Crippen LogP contribution in [-0.4, -0.2) is 9.78 Å². The maximum Gasteiger partial charge on any atom is 0.127 e. The van der Waals surface area contributed by atoms with Crippen LogP contribution < -0.4 is 5.73 Å². The lowest BCUT2D eigenvalue weighted by Crippen LogP contribution is -2.03. The molecule has 106 valence electrons. The molecule has 1 heterocycles. The summed E-state index contributed by atoms with van der Waals surface area (Å²) in [5.41, 5.74) is 9.35. The lowest BCUT2D eigenvalue weighted by atomic mass is 10.2. The summed E-state index contributed by atoms with van der Waals surface area (Å²) in [5.74, 6) is 0.244. The molecular formula is C16H13BrFN3. The van der Waals surface area contributed by atoms with E-state index in [0.717, 1.165) is 27.0 Å². The SMILES string of the molecule is Cc1cc(F)ccc1-n1nc(-c2cccc(Br)c2)cc1N. The highest BCUT2D eigenvalue weighted by molar-refractivity contribution is 9.10. The highest BCUT2D eigenvalue weighted by atomic mass is 79.9. The second-order valence-electron chi connectivity index (χ2n) is 4.81. The van der Waals surface area contributed by atoms with Crippen LogP contribution >= 0.6 is 15.9 Å². The van der Waals surface area contributed by atoms with Gasteiger partial charge in [-0.2, -0.15) is 5.10 Å². The van der Waals surface area contributed by atoms with Crippen LogP contribution in [0.25, 0.3) is 16.9 Å². The Balaban J connectivity index is 2.10. The van der Waals surface area contributed by atoms with Crippen LogP contribution in [0.5, 0.6) is 0 Å². The third-order valence-electron chi connectivity index (χ3n) is 3.24. The van der Waals surface area contributed by atoms with E-state index in [4.69, 9.17) is 5.73 Å². The standard InChI is InChI=1S/C16H13BrFN3/c1-10-7-13(18)5-6-15(10)21-16(19)9-14(20-21)11-3-2-4-12(17)8-11/h2-9H,19H2,1H3. The molecule has 0 amide bonds. The number of aromatic nitrogens is 2. The van der Waals surface area contributed by atoms with Crippen LogP contribution in [0.1, 0.15) is 5.56 Å². The zero-order valence-electron chi connectivity index (χ0n) is 11.3. The molecule has 0 atom stereocenters. The Morgan fingerprint density at radius 1 is 1.14 bits per heavy atom. The monoisotopic (exact) mass is 345 g/mol. The molecule has 0 aliphatic heterocycles. The van der Waals surface area contributed by atoms with Crippen molar-refractivity contribution in [1.29, 1.82) is 0 Å². The van der Waals surface area contributed by atoms with Gasteiger partial charge >= 0.3 is 0 Å². The predicted octanol–water partition coefficient (Wildman–Crippen LogP) is 4.33. The maximum atomic E-state index is 13.2. The molecule has 0 saturated carbocycles. The first kappa shape index (κ1) is 13.8. The predicted molar refractivity (Wildman–Crippen MR) is 85.8 cm³/mol. The van der Waals surface area contributed by atoms with Gasteiger partial charge in [0, 0.05) is 16.1 Å². The summed E-state index contributed by atoms with van der Waals surface area (Å²) in [4.78, 5) is 0.